The van der Waals surface area contributed by atoms with Crippen LogP contribution in [0.5, 0.6) is 0 Å². The lowest BCUT2D eigenvalue weighted by Crippen LogP contribution is -2.10. The van der Waals surface area contributed by atoms with E-state index in [9.17, 15) is 0 Å². The highest BCUT2D eigenvalue weighted by molar-refractivity contribution is 5.76. The first-order valence-electron chi connectivity index (χ1n) is 7.60. The Balaban J connectivity index is 2.05. The van der Waals surface area contributed by atoms with Gasteiger partial charge in [-0.15, -0.1) is 0 Å². The van der Waals surface area contributed by atoms with E-state index in [0.29, 0.717) is 5.82 Å². The van der Waals surface area contributed by atoms with E-state index < -0.39 is 0 Å². The third-order valence-corrected chi connectivity index (χ3v) is 3.78. The fraction of sp³-hybridized carbons (Fsp3) is 0.167. The number of aliphatic hydroxyl groups excluding tert-OH is 1. The van der Waals surface area contributed by atoms with E-state index in [1.807, 2.05) is 41.8 Å². The number of nitrogen functional groups attached to an aromatic ring is 1. The normalized spacial score (nSPS) is 11.4. The lowest BCUT2D eigenvalue weighted by molar-refractivity contribution is 0.350. The summed E-state index contributed by atoms with van der Waals surface area (Å²) in [7, 11) is 0. The first-order valence-corrected chi connectivity index (χ1v) is 7.60. The van der Waals surface area contributed by atoms with Crippen LogP contribution in [0.2, 0.25) is 0 Å². The maximum Gasteiger partial charge on any atom is 0.268 e. The third kappa shape index (κ3) is 3.09. The van der Waals surface area contributed by atoms with Gasteiger partial charge in [0, 0.05) is 17.3 Å². The molecule has 124 valence electrons. The van der Waals surface area contributed by atoms with Gasteiger partial charge in [0.15, 0.2) is 0 Å². The molecule has 0 saturated carbocycles. The Labute approximate surface area is 145 Å². The number of rotatable bonds is 3. The first kappa shape index (κ1) is 16.3. The summed E-state index contributed by atoms with van der Waals surface area (Å²) >= 11 is 0. The molecule has 1 unspecified atom stereocenters. The van der Waals surface area contributed by atoms with E-state index in [1.54, 1.807) is 0 Å². The van der Waals surface area contributed by atoms with Gasteiger partial charge >= 0.3 is 0 Å². The van der Waals surface area contributed by atoms with Crippen molar-refractivity contribution in [1.82, 2.24) is 14.4 Å². The highest BCUT2D eigenvalue weighted by atomic mass is 16.2. The average Bonchev–Trinajstić information content (AvgIpc) is 2.99. The molecule has 0 bridgehead atoms. The van der Waals surface area contributed by atoms with Crippen molar-refractivity contribution in [2.45, 2.75) is 13.0 Å². The number of nitrogens with zero attached hydrogens (tertiary/aromatic N) is 4. The molecule has 3 aromatic rings. The van der Waals surface area contributed by atoms with Crippen LogP contribution in [0.25, 0.3) is 10.4 Å². The summed E-state index contributed by atoms with van der Waals surface area (Å²) in [4.78, 5) is 11.4. The van der Waals surface area contributed by atoms with Crippen molar-refractivity contribution in [1.29, 1.82) is 0 Å². The zero-order valence-electron chi connectivity index (χ0n) is 13.6. The number of hydrogen-bond acceptors (Lipinski definition) is 5. The maximum absolute atomic E-state index is 9.04. The van der Waals surface area contributed by atoms with Crippen LogP contribution in [0.3, 0.4) is 0 Å². The van der Waals surface area contributed by atoms with Crippen LogP contribution >= 0.6 is 0 Å². The van der Waals surface area contributed by atoms with Crippen molar-refractivity contribution < 1.29 is 5.11 Å². The summed E-state index contributed by atoms with van der Waals surface area (Å²) < 4.78 is 1.96. The average molecular weight is 332 g/mol. The molecule has 3 aromatic heterocycles. The number of nitrogens with one attached hydrogen (secondary N) is 1. The second-order valence-electron chi connectivity index (χ2n) is 5.34. The SMILES string of the molecule is [C-]#[N+]c1c(N)ncnc1NC(C)c1cc2ccccn2c1C#CCO. The van der Waals surface area contributed by atoms with Crippen molar-refractivity contribution in [3.8, 4) is 11.8 Å². The number of hydrogen-bond donors (Lipinski definition) is 3. The van der Waals surface area contributed by atoms with Crippen molar-refractivity contribution in [2.75, 3.05) is 17.7 Å². The summed E-state index contributed by atoms with van der Waals surface area (Å²) in [6, 6.07) is 7.68. The molecule has 3 heterocycles. The number of aliphatic hydroxyl groups is 1. The van der Waals surface area contributed by atoms with E-state index in [0.717, 1.165) is 16.8 Å². The van der Waals surface area contributed by atoms with Gasteiger partial charge in [0.25, 0.3) is 5.69 Å². The molecular formula is C18H16N6O. The second kappa shape index (κ2) is 6.91. The van der Waals surface area contributed by atoms with Crippen LogP contribution in [0, 0.1) is 18.4 Å². The molecule has 0 radical (unpaired) electrons. The van der Waals surface area contributed by atoms with Crippen LogP contribution in [0.4, 0.5) is 17.3 Å². The fourth-order valence-corrected chi connectivity index (χ4v) is 2.62. The van der Waals surface area contributed by atoms with E-state index in [-0.39, 0.29) is 24.2 Å². The Morgan fingerprint density at radius 1 is 1.44 bits per heavy atom. The molecule has 0 aliphatic rings. The summed E-state index contributed by atoms with van der Waals surface area (Å²) in [6.45, 7) is 9.00. The molecule has 0 fully saturated rings. The number of nitrogens with two attached hydrogens (primary N) is 1. The zero-order chi connectivity index (χ0) is 17.8. The number of anilines is 2. The monoisotopic (exact) mass is 332 g/mol. The summed E-state index contributed by atoms with van der Waals surface area (Å²) in [5, 5.41) is 12.2. The van der Waals surface area contributed by atoms with Gasteiger partial charge in [0.2, 0.25) is 0 Å². The van der Waals surface area contributed by atoms with Crippen LogP contribution in [0.15, 0.2) is 36.8 Å². The van der Waals surface area contributed by atoms with Gasteiger partial charge in [-0.1, -0.05) is 12.0 Å². The van der Waals surface area contributed by atoms with Crippen molar-refractivity contribution in [2.24, 2.45) is 0 Å². The highest BCUT2D eigenvalue weighted by Gasteiger charge is 2.17. The van der Waals surface area contributed by atoms with Crippen molar-refractivity contribution >= 4 is 22.8 Å². The van der Waals surface area contributed by atoms with E-state index in [4.69, 9.17) is 17.4 Å². The van der Waals surface area contributed by atoms with Gasteiger partial charge < -0.3 is 20.6 Å². The predicted molar refractivity (Wildman–Crippen MR) is 96.1 cm³/mol. The summed E-state index contributed by atoms with van der Waals surface area (Å²) in [5.41, 5.74) is 8.63. The molecule has 3 rings (SSSR count). The fourth-order valence-electron chi connectivity index (χ4n) is 2.62. The van der Waals surface area contributed by atoms with E-state index >= 15 is 0 Å². The Bertz CT molecular complexity index is 1020. The molecule has 0 amide bonds. The second-order valence-corrected chi connectivity index (χ2v) is 5.34. The molecule has 0 aliphatic carbocycles. The lowest BCUT2D eigenvalue weighted by atomic mass is 10.1. The molecule has 0 aromatic carbocycles. The van der Waals surface area contributed by atoms with Crippen LogP contribution in [-0.4, -0.2) is 26.1 Å². The predicted octanol–water partition coefficient (Wildman–Crippen LogP) is 2.38. The van der Waals surface area contributed by atoms with Crippen molar-refractivity contribution in [3.63, 3.8) is 0 Å². The summed E-state index contributed by atoms with van der Waals surface area (Å²) in [5.74, 6) is 6.22. The molecule has 1 atom stereocenters. The lowest BCUT2D eigenvalue weighted by Gasteiger charge is -2.15. The summed E-state index contributed by atoms with van der Waals surface area (Å²) in [6.07, 6.45) is 3.24. The van der Waals surface area contributed by atoms with E-state index in [2.05, 4.69) is 32.0 Å². The standard InChI is InChI=1S/C18H16N6O/c1-12(23-18-16(20-2)17(19)21-11-22-18)14-10-13-6-3-4-8-24(13)15(14)7-5-9-25/h3-4,6,8,10-12,25H,9H2,1H3,(H3,19,21,22,23). The van der Waals surface area contributed by atoms with Crippen molar-refractivity contribution in [3.05, 3.63) is 59.5 Å². The molecule has 0 aliphatic heterocycles. The Morgan fingerprint density at radius 3 is 3.04 bits per heavy atom. The smallest absolute Gasteiger partial charge is 0.268 e. The largest absolute Gasteiger partial charge is 0.392 e. The van der Waals surface area contributed by atoms with E-state index in [1.165, 1.54) is 6.33 Å². The Kier molecular flexibility index (Phi) is 4.51. The molecule has 7 nitrogen and oxygen atoms in total. The minimum atomic E-state index is -0.217. The van der Waals surface area contributed by atoms with Crippen LogP contribution in [-0.2, 0) is 0 Å². The van der Waals surface area contributed by atoms with Gasteiger partial charge in [-0.2, -0.15) is 0 Å². The maximum atomic E-state index is 9.04. The van der Waals surface area contributed by atoms with Gasteiger partial charge in [-0.05, 0) is 31.0 Å². The topological polar surface area (TPSA) is 92.8 Å². The quantitative estimate of drug-likeness (QED) is 0.506. The molecule has 25 heavy (non-hydrogen) atoms. The zero-order valence-corrected chi connectivity index (χ0v) is 13.6. The molecule has 4 N–H and O–H groups in total. The highest BCUT2D eigenvalue weighted by Crippen LogP contribution is 2.31. The van der Waals surface area contributed by atoms with Gasteiger partial charge in [0.05, 0.1) is 12.6 Å². The first-order chi connectivity index (χ1) is 12.2. The van der Waals surface area contributed by atoms with Crippen LogP contribution in [0.1, 0.15) is 24.2 Å². The minimum absolute atomic E-state index is 0.141. The number of pyridine rings is 1. The molecule has 7 heteroatoms. The number of aromatic nitrogens is 3. The molecular weight excluding hydrogens is 316 g/mol. The Hall–Kier alpha value is -3.55. The van der Waals surface area contributed by atoms with Gasteiger partial charge in [-0.25, -0.2) is 14.8 Å². The third-order valence-electron chi connectivity index (χ3n) is 3.78. The number of fused-ring (bicyclic) bond motifs is 1. The Morgan fingerprint density at radius 2 is 2.28 bits per heavy atom. The minimum Gasteiger partial charge on any atom is -0.392 e. The molecule has 0 spiro atoms. The van der Waals surface area contributed by atoms with Gasteiger partial charge in [0.1, 0.15) is 30.3 Å². The van der Waals surface area contributed by atoms with Crippen LogP contribution < -0.4 is 11.1 Å². The van der Waals surface area contributed by atoms with Gasteiger partial charge in [-0.3, -0.25) is 0 Å². The molecule has 0 saturated heterocycles.